The van der Waals surface area contributed by atoms with E-state index >= 15 is 0 Å². The minimum Gasteiger partial charge on any atom is -0.383 e. The zero-order valence-corrected chi connectivity index (χ0v) is 16.4. The van der Waals surface area contributed by atoms with E-state index in [9.17, 15) is 9.59 Å². The second-order valence-electron chi connectivity index (χ2n) is 6.10. The molecule has 0 aliphatic carbocycles. The van der Waals surface area contributed by atoms with Gasteiger partial charge < -0.3 is 10.1 Å². The van der Waals surface area contributed by atoms with Crippen molar-refractivity contribution >= 4 is 46.3 Å². The van der Waals surface area contributed by atoms with Gasteiger partial charge >= 0.3 is 0 Å². The summed E-state index contributed by atoms with van der Waals surface area (Å²) >= 11 is 12.0. The number of benzene rings is 2. The van der Waals surface area contributed by atoms with E-state index in [2.05, 4.69) is 5.32 Å². The van der Waals surface area contributed by atoms with E-state index in [-0.39, 0.29) is 24.8 Å². The molecule has 27 heavy (non-hydrogen) atoms. The zero-order chi connectivity index (χ0) is 19.6. The number of imide groups is 1. The first-order valence-corrected chi connectivity index (χ1v) is 9.06. The molecule has 0 fully saturated rings. The highest BCUT2D eigenvalue weighted by atomic mass is 35.5. The number of rotatable bonds is 6. The molecular formula is C20H18Cl2N2O3. The Kier molecular flexibility index (Phi) is 5.85. The van der Waals surface area contributed by atoms with Crippen LogP contribution in [0.1, 0.15) is 11.1 Å². The molecule has 0 atom stereocenters. The lowest BCUT2D eigenvalue weighted by Gasteiger charge is -2.15. The van der Waals surface area contributed by atoms with E-state index in [0.29, 0.717) is 26.9 Å². The van der Waals surface area contributed by atoms with E-state index < -0.39 is 5.91 Å². The number of halogens is 2. The van der Waals surface area contributed by atoms with Gasteiger partial charge in [-0.2, -0.15) is 0 Å². The fraction of sp³-hybridized carbons (Fsp3) is 0.200. The summed E-state index contributed by atoms with van der Waals surface area (Å²) in [7, 11) is 1.52. The van der Waals surface area contributed by atoms with Crippen molar-refractivity contribution in [2.75, 3.05) is 25.6 Å². The van der Waals surface area contributed by atoms with Gasteiger partial charge in [-0.1, -0.05) is 41.4 Å². The maximum atomic E-state index is 13.0. The molecule has 0 bridgehead atoms. The van der Waals surface area contributed by atoms with Gasteiger partial charge in [-0.05, 0) is 42.3 Å². The van der Waals surface area contributed by atoms with Crippen molar-refractivity contribution in [3.63, 3.8) is 0 Å². The van der Waals surface area contributed by atoms with Crippen LogP contribution in [0.15, 0.2) is 48.2 Å². The van der Waals surface area contributed by atoms with Crippen molar-refractivity contribution in [3.05, 3.63) is 69.3 Å². The molecule has 0 spiro atoms. The molecule has 5 nitrogen and oxygen atoms in total. The lowest BCUT2D eigenvalue weighted by molar-refractivity contribution is -0.137. The second-order valence-corrected chi connectivity index (χ2v) is 6.97. The Morgan fingerprint density at radius 2 is 1.67 bits per heavy atom. The van der Waals surface area contributed by atoms with Gasteiger partial charge in [-0.3, -0.25) is 14.5 Å². The van der Waals surface area contributed by atoms with E-state index in [1.165, 1.54) is 12.0 Å². The molecule has 1 aliphatic heterocycles. The third-order valence-electron chi connectivity index (χ3n) is 4.28. The number of hydrogen-bond donors (Lipinski definition) is 1. The Bertz CT molecular complexity index is 923. The summed E-state index contributed by atoms with van der Waals surface area (Å²) in [6.07, 6.45) is 0. The molecule has 0 aromatic heterocycles. The molecule has 2 amide bonds. The number of carbonyl (C=O) groups excluding carboxylic acids is 2. The number of nitrogens with zero attached hydrogens (tertiary/aromatic N) is 1. The number of carbonyl (C=O) groups is 2. The summed E-state index contributed by atoms with van der Waals surface area (Å²) in [4.78, 5) is 27.1. The topological polar surface area (TPSA) is 58.6 Å². The van der Waals surface area contributed by atoms with Crippen molar-refractivity contribution in [2.45, 2.75) is 6.92 Å². The van der Waals surface area contributed by atoms with Gasteiger partial charge in [0.15, 0.2) is 0 Å². The molecule has 1 N–H and O–H groups in total. The van der Waals surface area contributed by atoms with Crippen LogP contribution in [0, 0.1) is 6.92 Å². The minimum absolute atomic E-state index is 0.172. The third-order valence-corrected chi connectivity index (χ3v) is 4.77. The van der Waals surface area contributed by atoms with Crippen molar-refractivity contribution in [1.82, 2.24) is 4.90 Å². The molecule has 1 heterocycles. The van der Waals surface area contributed by atoms with Crippen LogP contribution in [0.4, 0.5) is 5.69 Å². The maximum Gasteiger partial charge on any atom is 0.278 e. The Morgan fingerprint density at radius 3 is 2.33 bits per heavy atom. The number of aryl methyl sites for hydroxylation is 1. The van der Waals surface area contributed by atoms with E-state index in [1.807, 2.05) is 13.0 Å². The van der Waals surface area contributed by atoms with Gasteiger partial charge in [0.2, 0.25) is 0 Å². The fourth-order valence-electron chi connectivity index (χ4n) is 2.83. The van der Waals surface area contributed by atoms with Gasteiger partial charge in [0.25, 0.3) is 11.8 Å². The highest BCUT2D eigenvalue weighted by Gasteiger charge is 2.39. The molecule has 140 valence electrons. The Hall–Kier alpha value is -2.34. The molecule has 2 aromatic rings. The van der Waals surface area contributed by atoms with Crippen LogP contribution < -0.4 is 5.32 Å². The molecule has 0 radical (unpaired) electrons. The normalized spacial score (nSPS) is 14.3. The van der Waals surface area contributed by atoms with Gasteiger partial charge in [0, 0.05) is 22.8 Å². The van der Waals surface area contributed by atoms with Crippen LogP contribution in [0.2, 0.25) is 10.0 Å². The van der Waals surface area contributed by atoms with Gasteiger partial charge in [0.1, 0.15) is 5.70 Å². The number of hydrogen-bond acceptors (Lipinski definition) is 4. The van der Waals surface area contributed by atoms with E-state index in [4.69, 9.17) is 27.9 Å². The molecule has 7 heteroatoms. The largest absolute Gasteiger partial charge is 0.383 e. The summed E-state index contributed by atoms with van der Waals surface area (Å²) in [5.41, 5.74) is 2.69. The lowest BCUT2D eigenvalue weighted by atomic mass is 10.0. The summed E-state index contributed by atoms with van der Waals surface area (Å²) < 4.78 is 5.03. The van der Waals surface area contributed by atoms with Crippen LogP contribution in [-0.4, -0.2) is 37.0 Å². The standard InChI is InChI=1S/C20H18Cl2N2O3/c1-12-3-6-15(22)11-16(12)23-18-17(13-4-7-14(21)8-5-13)19(25)24(20(18)26)9-10-27-2/h3-8,11,23H,9-10H2,1-2H3. The molecule has 0 saturated carbocycles. The summed E-state index contributed by atoms with van der Waals surface area (Å²) in [6, 6.07) is 12.1. The number of ether oxygens (including phenoxy) is 1. The summed E-state index contributed by atoms with van der Waals surface area (Å²) in [5.74, 6) is -0.775. The molecular weight excluding hydrogens is 387 g/mol. The monoisotopic (exact) mass is 404 g/mol. The molecule has 3 rings (SSSR count). The average Bonchev–Trinajstić information content (AvgIpc) is 2.87. The van der Waals surface area contributed by atoms with Crippen LogP contribution in [0.25, 0.3) is 5.57 Å². The molecule has 0 saturated heterocycles. The number of methoxy groups -OCH3 is 1. The first-order chi connectivity index (χ1) is 12.9. The number of anilines is 1. The number of amides is 2. The smallest absolute Gasteiger partial charge is 0.278 e. The maximum absolute atomic E-state index is 13.0. The highest BCUT2D eigenvalue weighted by Crippen LogP contribution is 2.32. The predicted molar refractivity (Wildman–Crippen MR) is 107 cm³/mol. The predicted octanol–water partition coefficient (Wildman–Crippen LogP) is 4.14. The minimum atomic E-state index is -0.402. The fourth-order valence-corrected chi connectivity index (χ4v) is 3.12. The van der Waals surface area contributed by atoms with Crippen LogP contribution in [0.5, 0.6) is 0 Å². The number of nitrogens with one attached hydrogen (secondary N) is 1. The van der Waals surface area contributed by atoms with Crippen molar-refractivity contribution in [1.29, 1.82) is 0 Å². The van der Waals surface area contributed by atoms with Gasteiger partial charge in [0.05, 0.1) is 18.7 Å². The van der Waals surface area contributed by atoms with Crippen molar-refractivity contribution < 1.29 is 14.3 Å². The Labute approximate surface area is 167 Å². The van der Waals surface area contributed by atoms with Gasteiger partial charge in [-0.15, -0.1) is 0 Å². The molecule has 0 unspecified atom stereocenters. The average molecular weight is 405 g/mol. The van der Waals surface area contributed by atoms with Crippen molar-refractivity contribution in [3.8, 4) is 0 Å². The van der Waals surface area contributed by atoms with Crippen molar-refractivity contribution in [2.24, 2.45) is 0 Å². The highest BCUT2D eigenvalue weighted by molar-refractivity contribution is 6.37. The van der Waals surface area contributed by atoms with Crippen LogP contribution in [0.3, 0.4) is 0 Å². The van der Waals surface area contributed by atoms with Gasteiger partial charge in [-0.25, -0.2) is 0 Å². The molecule has 1 aliphatic rings. The summed E-state index contributed by atoms with van der Waals surface area (Å²) in [6.45, 7) is 2.32. The Balaban J connectivity index is 2.07. The first kappa shape index (κ1) is 19.4. The van der Waals surface area contributed by atoms with E-state index in [1.54, 1.807) is 36.4 Å². The third kappa shape index (κ3) is 4.00. The van der Waals surface area contributed by atoms with Crippen LogP contribution in [-0.2, 0) is 14.3 Å². The SMILES string of the molecule is COCCN1C(=O)C(Nc2cc(Cl)ccc2C)=C(c2ccc(Cl)cc2)C1=O. The quantitative estimate of drug-likeness (QED) is 0.734. The molecule has 2 aromatic carbocycles. The Morgan fingerprint density at radius 1 is 1.00 bits per heavy atom. The van der Waals surface area contributed by atoms with E-state index in [0.717, 1.165) is 5.56 Å². The van der Waals surface area contributed by atoms with Crippen LogP contribution >= 0.6 is 23.2 Å². The summed E-state index contributed by atoms with van der Waals surface area (Å²) in [5, 5.41) is 4.19. The first-order valence-electron chi connectivity index (χ1n) is 8.31. The lowest BCUT2D eigenvalue weighted by Crippen LogP contribution is -2.35. The second kappa shape index (κ2) is 8.13. The zero-order valence-electron chi connectivity index (χ0n) is 14.9.